The van der Waals surface area contributed by atoms with Crippen LogP contribution in [-0.2, 0) is 16.8 Å². The first-order chi connectivity index (χ1) is 12.7. The van der Waals surface area contributed by atoms with Crippen molar-refractivity contribution in [3.63, 3.8) is 0 Å². The standard InChI is InChI=1S/C19H18F2N4O2/c1-19(9-17(27)25(2)18(22)24-19)13-7-11(3-5-14(13)21)8-16(26)15-6-4-12(20)10-23-15/h3-7,10H,8-9H2,1-2H3,(H2,22,24). The molecule has 2 N–H and O–H groups in total. The molecular formula is C19H18F2N4O2. The Kier molecular flexibility index (Phi) is 4.73. The Morgan fingerprint density at radius 3 is 2.67 bits per heavy atom. The molecule has 1 aliphatic heterocycles. The molecule has 2 heterocycles. The lowest BCUT2D eigenvalue weighted by Crippen LogP contribution is -2.47. The van der Waals surface area contributed by atoms with E-state index in [2.05, 4.69) is 9.98 Å². The molecule has 0 saturated carbocycles. The van der Waals surface area contributed by atoms with E-state index in [4.69, 9.17) is 5.73 Å². The smallest absolute Gasteiger partial charge is 0.231 e. The molecule has 0 aliphatic carbocycles. The number of amides is 1. The average Bonchev–Trinajstić information content (AvgIpc) is 2.61. The molecule has 0 spiro atoms. The Morgan fingerprint density at radius 1 is 1.30 bits per heavy atom. The van der Waals surface area contributed by atoms with Gasteiger partial charge in [-0.1, -0.05) is 6.07 Å². The van der Waals surface area contributed by atoms with Gasteiger partial charge in [-0.3, -0.25) is 19.5 Å². The molecule has 0 radical (unpaired) electrons. The molecule has 1 amide bonds. The summed E-state index contributed by atoms with van der Waals surface area (Å²) in [7, 11) is 1.50. The number of carbonyl (C=O) groups excluding carboxylic acids is 2. The molecule has 1 atom stereocenters. The van der Waals surface area contributed by atoms with Gasteiger partial charge >= 0.3 is 0 Å². The summed E-state index contributed by atoms with van der Waals surface area (Å²) >= 11 is 0. The Morgan fingerprint density at radius 2 is 2.04 bits per heavy atom. The average molecular weight is 372 g/mol. The van der Waals surface area contributed by atoms with Gasteiger partial charge in [0.05, 0.1) is 18.2 Å². The Balaban J connectivity index is 1.92. The second-order valence-electron chi connectivity index (χ2n) is 6.65. The molecule has 1 aromatic heterocycles. The molecule has 8 heteroatoms. The van der Waals surface area contributed by atoms with Gasteiger partial charge in [-0.2, -0.15) is 0 Å². The van der Waals surface area contributed by atoms with Crippen LogP contribution in [-0.4, -0.2) is 34.6 Å². The van der Waals surface area contributed by atoms with Gasteiger partial charge in [0.2, 0.25) is 5.91 Å². The number of carbonyl (C=O) groups is 2. The van der Waals surface area contributed by atoms with Crippen molar-refractivity contribution in [1.29, 1.82) is 0 Å². The minimum Gasteiger partial charge on any atom is -0.369 e. The number of rotatable bonds is 4. The normalized spacial score (nSPS) is 19.8. The predicted molar refractivity (Wildman–Crippen MR) is 95.0 cm³/mol. The predicted octanol–water partition coefficient (Wildman–Crippen LogP) is 2.18. The van der Waals surface area contributed by atoms with Crippen LogP contribution in [0.3, 0.4) is 0 Å². The van der Waals surface area contributed by atoms with E-state index in [0.29, 0.717) is 5.56 Å². The van der Waals surface area contributed by atoms with Crippen molar-refractivity contribution in [2.45, 2.75) is 25.3 Å². The summed E-state index contributed by atoms with van der Waals surface area (Å²) in [5.74, 6) is -1.68. The van der Waals surface area contributed by atoms with Crippen LogP contribution in [0.4, 0.5) is 8.78 Å². The number of nitrogens with two attached hydrogens (primary N) is 1. The minimum absolute atomic E-state index is 0.00476. The summed E-state index contributed by atoms with van der Waals surface area (Å²) in [6.07, 6.45) is 0.874. The summed E-state index contributed by atoms with van der Waals surface area (Å²) in [4.78, 5) is 33.7. The molecule has 0 saturated heterocycles. The molecule has 27 heavy (non-hydrogen) atoms. The molecule has 2 aromatic rings. The summed E-state index contributed by atoms with van der Waals surface area (Å²) in [6, 6.07) is 6.67. The van der Waals surface area contributed by atoms with Crippen LogP contribution in [0.25, 0.3) is 0 Å². The van der Waals surface area contributed by atoms with E-state index in [1.54, 1.807) is 6.92 Å². The lowest BCUT2D eigenvalue weighted by Gasteiger charge is -2.34. The number of guanidine groups is 1. The van der Waals surface area contributed by atoms with E-state index in [1.165, 1.54) is 36.2 Å². The van der Waals surface area contributed by atoms with Crippen LogP contribution in [0.2, 0.25) is 0 Å². The SMILES string of the molecule is CN1C(=O)CC(C)(c2cc(CC(=O)c3ccc(F)cn3)ccc2F)N=C1N. The number of ketones is 1. The van der Waals surface area contributed by atoms with Gasteiger partial charge in [0.25, 0.3) is 0 Å². The minimum atomic E-state index is -1.16. The molecule has 1 unspecified atom stereocenters. The van der Waals surface area contributed by atoms with E-state index >= 15 is 0 Å². The second-order valence-corrected chi connectivity index (χ2v) is 6.65. The molecular weight excluding hydrogens is 354 g/mol. The Bertz CT molecular complexity index is 943. The summed E-state index contributed by atoms with van der Waals surface area (Å²) < 4.78 is 27.4. The lowest BCUT2D eigenvalue weighted by atomic mass is 9.85. The van der Waals surface area contributed by atoms with Gasteiger partial charge in [0.15, 0.2) is 11.7 Å². The Labute approximate surface area is 154 Å². The van der Waals surface area contributed by atoms with Crippen LogP contribution >= 0.6 is 0 Å². The van der Waals surface area contributed by atoms with Crippen molar-refractivity contribution >= 4 is 17.6 Å². The number of halogens is 2. The topological polar surface area (TPSA) is 88.7 Å². The van der Waals surface area contributed by atoms with E-state index in [9.17, 15) is 18.4 Å². The number of benzene rings is 1. The summed E-state index contributed by atoms with van der Waals surface area (Å²) in [6.45, 7) is 1.62. The molecule has 1 aromatic carbocycles. The number of hydrogen-bond acceptors (Lipinski definition) is 5. The highest BCUT2D eigenvalue weighted by Crippen LogP contribution is 2.35. The maximum Gasteiger partial charge on any atom is 0.231 e. The first-order valence-electron chi connectivity index (χ1n) is 8.25. The highest BCUT2D eigenvalue weighted by Gasteiger charge is 2.38. The molecule has 0 fully saturated rings. The molecule has 3 rings (SSSR count). The Hall–Kier alpha value is -3.16. The van der Waals surface area contributed by atoms with Gasteiger partial charge < -0.3 is 5.73 Å². The number of Topliss-reactive ketones (excluding diaryl/α,β-unsaturated/α-hetero) is 1. The highest BCUT2D eigenvalue weighted by atomic mass is 19.1. The third-order valence-electron chi connectivity index (χ3n) is 4.56. The van der Waals surface area contributed by atoms with Crippen molar-refractivity contribution in [2.24, 2.45) is 10.7 Å². The quantitative estimate of drug-likeness (QED) is 0.833. The maximum atomic E-state index is 14.5. The van der Waals surface area contributed by atoms with Gasteiger partial charge in [0.1, 0.15) is 17.3 Å². The third-order valence-corrected chi connectivity index (χ3v) is 4.56. The molecule has 1 aliphatic rings. The number of nitrogens with zero attached hydrogens (tertiary/aromatic N) is 3. The largest absolute Gasteiger partial charge is 0.369 e. The third kappa shape index (κ3) is 3.69. The van der Waals surface area contributed by atoms with Crippen molar-refractivity contribution in [2.75, 3.05) is 7.05 Å². The zero-order valence-electron chi connectivity index (χ0n) is 14.9. The summed E-state index contributed by atoms with van der Waals surface area (Å²) in [5, 5.41) is 0. The zero-order chi connectivity index (χ0) is 19.8. The van der Waals surface area contributed by atoms with Crippen molar-refractivity contribution < 1.29 is 18.4 Å². The van der Waals surface area contributed by atoms with E-state index < -0.39 is 17.2 Å². The van der Waals surface area contributed by atoms with Crippen molar-refractivity contribution in [1.82, 2.24) is 9.88 Å². The second kappa shape index (κ2) is 6.86. The number of aromatic nitrogens is 1. The number of hydrogen-bond donors (Lipinski definition) is 1. The highest BCUT2D eigenvalue weighted by molar-refractivity contribution is 5.99. The zero-order valence-corrected chi connectivity index (χ0v) is 14.9. The summed E-state index contributed by atoms with van der Waals surface area (Å²) in [5.41, 5.74) is 5.45. The fourth-order valence-electron chi connectivity index (χ4n) is 2.98. The van der Waals surface area contributed by atoms with E-state index in [1.807, 2.05) is 0 Å². The van der Waals surface area contributed by atoms with Crippen molar-refractivity contribution in [3.05, 3.63) is 65.0 Å². The van der Waals surface area contributed by atoms with Gasteiger partial charge in [0, 0.05) is 19.0 Å². The van der Waals surface area contributed by atoms with Crippen LogP contribution in [0.1, 0.15) is 35.0 Å². The lowest BCUT2D eigenvalue weighted by molar-refractivity contribution is -0.128. The van der Waals surface area contributed by atoms with E-state index in [0.717, 1.165) is 12.3 Å². The van der Waals surface area contributed by atoms with Crippen LogP contribution in [0.15, 0.2) is 41.5 Å². The molecule has 6 nitrogen and oxygen atoms in total. The fourth-order valence-corrected chi connectivity index (χ4v) is 2.98. The first kappa shape index (κ1) is 18.6. The molecule has 140 valence electrons. The maximum absolute atomic E-state index is 14.5. The van der Waals surface area contributed by atoms with Crippen molar-refractivity contribution in [3.8, 4) is 0 Å². The van der Waals surface area contributed by atoms with E-state index in [-0.39, 0.29) is 41.7 Å². The van der Waals surface area contributed by atoms with Gasteiger partial charge in [-0.25, -0.2) is 13.8 Å². The molecule has 0 bridgehead atoms. The number of pyridine rings is 1. The van der Waals surface area contributed by atoms with Crippen LogP contribution in [0.5, 0.6) is 0 Å². The monoisotopic (exact) mass is 372 g/mol. The first-order valence-corrected chi connectivity index (χ1v) is 8.25. The van der Waals surface area contributed by atoms with Crippen LogP contribution < -0.4 is 5.73 Å². The van der Waals surface area contributed by atoms with Gasteiger partial charge in [-0.05, 0) is 36.8 Å². The van der Waals surface area contributed by atoms with Gasteiger partial charge in [-0.15, -0.1) is 0 Å². The fraction of sp³-hybridized carbons (Fsp3) is 0.263. The van der Waals surface area contributed by atoms with Crippen LogP contribution in [0, 0.1) is 11.6 Å². The number of aliphatic imine (C=N–C) groups is 1.